The average molecular weight is 2000 g/mol. The van der Waals surface area contributed by atoms with Crippen molar-refractivity contribution in [3.8, 4) is 56.6 Å². The van der Waals surface area contributed by atoms with E-state index < -0.39 is 11.9 Å². The third kappa shape index (κ3) is 25.9. The number of benzene rings is 9. The Hall–Kier alpha value is -14.2. The first kappa shape index (κ1) is 111. The number of fused-ring (bicyclic) bond motifs is 8. The van der Waals surface area contributed by atoms with Crippen molar-refractivity contribution in [2.24, 2.45) is 0 Å². The molecule has 778 valence electrons. The Morgan fingerprint density at radius 3 is 1.11 bits per heavy atom. The number of aliphatic carboxylic acids is 2. The number of aliphatic hydroxyl groups excluding tert-OH is 1. The maximum atomic E-state index is 11.0. The Morgan fingerprint density at radius 1 is 0.362 bits per heavy atom. The minimum absolute atomic E-state index is 0.0288. The molecular weight excluding hydrogens is 1840 g/mol. The molecule has 12 aliphatic rings. The van der Waals surface area contributed by atoms with E-state index in [1.54, 1.807) is 0 Å². The largest absolute Gasteiger partial charge is 0.481 e. The molecule has 0 bridgehead atoms. The first-order valence-corrected chi connectivity index (χ1v) is 54.0. The van der Waals surface area contributed by atoms with Crippen LogP contribution in [0.4, 0.5) is 22.7 Å². The molecule has 149 heavy (non-hydrogen) atoms. The van der Waals surface area contributed by atoms with Crippen molar-refractivity contribution in [1.82, 2.24) is 13.7 Å². The van der Waals surface area contributed by atoms with Crippen LogP contribution >= 0.6 is 0 Å². The number of nitrogens with zero attached hydrogens (tertiary/aromatic N) is 7. The fraction of sp³-hybridized carbons (Fsp3) is 0.364. The summed E-state index contributed by atoms with van der Waals surface area (Å²) in [4.78, 5) is 31.3. The molecule has 0 unspecified atom stereocenters. The number of allylic oxidation sites excluding steroid dienone is 12. The fourth-order valence-electron chi connectivity index (χ4n) is 21.1. The number of rotatable bonds is 30. The molecular formula is C132H160N8O9+4. The van der Waals surface area contributed by atoms with E-state index in [-0.39, 0.29) is 51.9 Å². The molecule has 0 aromatic heterocycles. The summed E-state index contributed by atoms with van der Waals surface area (Å²) < 4.78 is 32.6. The minimum atomic E-state index is -0.725. The first-order valence-electron chi connectivity index (χ1n) is 54.0. The van der Waals surface area contributed by atoms with Crippen LogP contribution in [0.3, 0.4) is 0 Å². The summed E-state index contributed by atoms with van der Waals surface area (Å²) in [6, 6.07) is 78.9. The van der Waals surface area contributed by atoms with Gasteiger partial charge >= 0.3 is 11.9 Å². The third-order valence-corrected chi connectivity index (χ3v) is 29.6. The summed E-state index contributed by atoms with van der Waals surface area (Å²) in [5.74, 6) is 5.80. The zero-order valence-corrected chi connectivity index (χ0v) is 92.4. The number of para-hydroxylation sites is 4. The van der Waals surface area contributed by atoms with Crippen LogP contribution in [0.2, 0.25) is 0 Å². The average Bonchev–Trinajstić information content (AvgIpc) is 1.59. The molecule has 17 nitrogen and oxygen atoms in total. The SMILES string of the molecule is CC(C)(C)c1cc(/C=C/C=C2/N(CCCCCC(=O)O)c3ccccc3C2(C)C)c2ccc(=[NH2+])cc-2o1.CC[N+](CC)=c1ccc2c(/C=C/C=C3/N(C)c4ccccc4C3(C)C)cc(C(C)(C)C)oc-2c1.CC[N+](CC)=c1ccc2c(/C=C/C=C3/N(CCCCCC(=O)O)c4ccccc4C3(C)C)cc(-c3ccccc3)oc-2c1.CC[N+](CC)=c1ccc2c(C=CC=C3Cc4ccccc4N3CCCO)cc(C(C)(C)C)oc-2c1. The van der Waals surface area contributed by atoms with E-state index in [1.165, 1.54) is 84.1 Å². The highest BCUT2D eigenvalue weighted by molar-refractivity contribution is 5.82. The van der Waals surface area contributed by atoms with Crippen LogP contribution in [0.25, 0.3) is 80.9 Å². The van der Waals surface area contributed by atoms with Crippen LogP contribution in [0.15, 0.2) is 314 Å². The fourth-order valence-corrected chi connectivity index (χ4v) is 21.1. The van der Waals surface area contributed by atoms with Crippen molar-refractivity contribution >= 4 is 59.0 Å². The molecule has 17 heteroatoms. The number of hydrogen-bond donors (Lipinski definition) is 4. The van der Waals surface area contributed by atoms with Gasteiger partial charge in [-0.2, -0.15) is 0 Å². The van der Waals surface area contributed by atoms with Gasteiger partial charge in [0.25, 0.3) is 0 Å². The molecule has 0 saturated heterocycles. The summed E-state index contributed by atoms with van der Waals surface area (Å²) in [7, 11) is 2.16. The summed E-state index contributed by atoms with van der Waals surface area (Å²) in [6.45, 7) is 55.0. The standard InChI is InChI=1S/C38H42N2O3.C32H38N2O3.C31H39N2O2.C31H39N2O/c1-5-39(6-2)30-23-24-31-29(26-34(43-35(31)27-30)28-16-9-7-10-17-28)18-15-21-36-38(3,4)32-19-12-13-20-33(32)40(36)25-14-8-11-22-37(41)42;1-31(2,3)29-20-22(24-18-17-23(33)21-27(24)37-29)12-11-15-28-32(4,5)25-13-8-9-14-26(25)34(28)19-10-6-7-16-30(35)36;1-6-32(7-2)25-16-17-27-23(21-30(31(3,4)5)35-29(27)22-25)13-10-14-26-20-24-12-8-9-15-28(24)33(26)18-11-19-34;1-9-33(10-2)23-18-19-24-22(20-29(30(3,4)5)34-27(24)21-23)14-13-17-28-31(6,7)25-15-11-12-16-26(25)32(28)8/h7,9-10,12-13,15-21,23-24,26-27H,5-6,8,11,14,22,25H2,1-4H3;8-9,11-15,17-18,20-21,33H,6-7,10,16,19H2,1-5H3,(H,35,36);8-10,12-17,21-22,34H,6-7,11,18-20H2,1-5H3;11-21H,9-10H2,1-8H3/q;;2*+1/p+2/b;12-11+,28-15+,33-23?;;. The van der Waals surface area contributed by atoms with Crippen molar-refractivity contribution in [2.75, 3.05) is 92.2 Å². The third-order valence-electron chi connectivity index (χ3n) is 29.6. The quantitative estimate of drug-likeness (QED) is 0.0246. The van der Waals surface area contributed by atoms with Crippen LogP contribution in [-0.4, -0.2) is 99.8 Å². The van der Waals surface area contributed by atoms with Gasteiger partial charge in [0.15, 0.2) is 5.36 Å². The molecule has 4 aliphatic carbocycles. The van der Waals surface area contributed by atoms with Gasteiger partial charge < -0.3 is 52.6 Å². The Bertz CT molecular complexity index is 7330. The summed E-state index contributed by atoms with van der Waals surface area (Å²) >= 11 is 0. The molecule has 5 aromatic rings. The zero-order valence-electron chi connectivity index (χ0n) is 92.4. The number of unbranched alkanes of at least 4 members (excludes halogenated alkanes) is 4. The van der Waals surface area contributed by atoms with Crippen LogP contribution in [-0.2, 0) is 48.5 Å². The Balaban J connectivity index is 0.000000157. The van der Waals surface area contributed by atoms with E-state index in [4.69, 9.17) is 33.3 Å². The van der Waals surface area contributed by atoms with Crippen molar-refractivity contribution in [1.29, 1.82) is 0 Å². The van der Waals surface area contributed by atoms with Crippen molar-refractivity contribution in [2.45, 2.75) is 242 Å². The second-order valence-electron chi connectivity index (χ2n) is 44.2. The lowest BCUT2D eigenvalue weighted by Crippen LogP contribution is -2.44. The van der Waals surface area contributed by atoms with Crippen molar-refractivity contribution < 1.29 is 48.0 Å². The topological polar surface area (TPSA) is 195 Å². The van der Waals surface area contributed by atoms with E-state index >= 15 is 0 Å². The van der Waals surface area contributed by atoms with Gasteiger partial charge in [-0.1, -0.05) is 268 Å². The van der Waals surface area contributed by atoms with Crippen LogP contribution < -0.4 is 60.2 Å². The number of likely N-dealkylation sites (N-methyl/N-ethyl adjacent to an activating group) is 1. The van der Waals surface area contributed by atoms with Crippen LogP contribution in [0.1, 0.15) is 265 Å². The number of carboxylic acid groups (broad SMARTS) is 2. The Morgan fingerprint density at radius 2 is 0.705 bits per heavy atom. The minimum Gasteiger partial charge on any atom is -0.481 e. The summed E-state index contributed by atoms with van der Waals surface area (Å²) in [6.07, 6.45) is 33.6. The van der Waals surface area contributed by atoms with Gasteiger partial charge in [0.1, 0.15) is 85.4 Å². The van der Waals surface area contributed by atoms with Gasteiger partial charge in [-0.3, -0.25) is 15.0 Å². The van der Waals surface area contributed by atoms with E-state index in [0.717, 1.165) is 193 Å². The first-order chi connectivity index (χ1) is 71.2. The zero-order chi connectivity index (χ0) is 107. The molecule has 0 fully saturated rings. The van der Waals surface area contributed by atoms with Gasteiger partial charge in [0.2, 0.25) is 16.1 Å². The molecule has 17 rings (SSSR count). The second kappa shape index (κ2) is 48.4. The Labute approximate surface area is 885 Å². The molecule has 5 N–H and O–H groups in total. The molecule has 8 heterocycles. The molecule has 0 radical (unpaired) electrons. The number of hydrogen-bond acceptors (Lipinski definition) is 11. The molecule has 8 aliphatic heterocycles. The monoisotopic (exact) mass is 2000 g/mol. The van der Waals surface area contributed by atoms with Gasteiger partial charge in [0.05, 0.1) is 24.3 Å². The summed E-state index contributed by atoms with van der Waals surface area (Å²) in [5.41, 5.74) is 24.8. The van der Waals surface area contributed by atoms with Gasteiger partial charge in [-0.15, -0.1) is 0 Å². The van der Waals surface area contributed by atoms with Crippen molar-refractivity contribution in [3.63, 3.8) is 0 Å². The maximum Gasteiger partial charge on any atom is 0.303 e. The molecule has 0 atom stereocenters. The number of carboxylic acids is 2. The van der Waals surface area contributed by atoms with E-state index in [0.29, 0.717) is 18.2 Å². The maximum absolute atomic E-state index is 11.0. The highest BCUT2D eigenvalue weighted by atomic mass is 16.4. The lowest BCUT2D eigenvalue weighted by Gasteiger charge is -2.27. The molecule has 0 spiro atoms. The van der Waals surface area contributed by atoms with E-state index in [2.05, 4.69) is 447 Å². The molecule has 0 saturated carbocycles. The number of nitrogens with two attached hydrogens (primary N) is 1. The Kier molecular flexibility index (Phi) is 35.9. The summed E-state index contributed by atoms with van der Waals surface area (Å²) in [5, 5.41) is 37.7. The molecule has 5 aromatic carbocycles. The highest BCUT2D eigenvalue weighted by Gasteiger charge is 2.42. The predicted molar refractivity (Wildman–Crippen MR) is 618 cm³/mol. The normalized spacial score (nSPS) is 15.6. The van der Waals surface area contributed by atoms with Gasteiger partial charge in [-0.05, 0) is 215 Å². The van der Waals surface area contributed by atoms with E-state index in [9.17, 15) is 14.7 Å². The van der Waals surface area contributed by atoms with Crippen LogP contribution in [0.5, 0.6) is 0 Å². The lowest BCUT2D eigenvalue weighted by molar-refractivity contribution is -0.172. The predicted octanol–water partition coefficient (Wildman–Crippen LogP) is 26.5. The van der Waals surface area contributed by atoms with Crippen LogP contribution in [0, 0.1) is 0 Å². The highest BCUT2D eigenvalue weighted by Crippen LogP contribution is 2.52. The second-order valence-corrected chi connectivity index (χ2v) is 44.2. The number of anilines is 4. The number of aliphatic hydroxyl groups is 1. The smallest absolute Gasteiger partial charge is 0.303 e. The van der Waals surface area contributed by atoms with Gasteiger partial charge in [0, 0.05) is 183 Å². The van der Waals surface area contributed by atoms with Crippen molar-refractivity contribution in [3.05, 3.63) is 379 Å². The van der Waals surface area contributed by atoms with E-state index in [1.807, 2.05) is 36.4 Å². The lowest BCUT2D eigenvalue weighted by atomic mass is 9.83. The number of carbonyl (C=O) groups is 2. The molecule has 0 amide bonds. The van der Waals surface area contributed by atoms with Gasteiger partial charge in [-0.25, -0.2) is 13.7 Å².